The van der Waals surface area contributed by atoms with Gasteiger partial charge < -0.3 is 10.2 Å². The number of nitrogens with one attached hydrogen (secondary N) is 1. The van der Waals surface area contributed by atoms with E-state index in [2.05, 4.69) is 29.4 Å². The third-order valence-corrected chi connectivity index (χ3v) is 3.76. The van der Waals surface area contributed by atoms with Gasteiger partial charge in [0.05, 0.1) is 11.3 Å². The molecule has 0 aliphatic heterocycles. The van der Waals surface area contributed by atoms with E-state index >= 15 is 0 Å². The van der Waals surface area contributed by atoms with Crippen LogP contribution in [0.15, 0.2) is 48.8 Å². The molecule has 1 heterocycles. The number of anilines is 1. The maximum atomic E-state index is 12.4. The summed E-state index contributed by atoms with van der Waals surface area (Å²) in [6, 6.07) is 12.2. The first-order chi connectivity index (χ1) is 11.2. The summed E-state index contributed by atoms with van der Waals surface area (Å²) in [5.74, 6) is 0.0256. The van der Waals surface area contributed by atoms with Crippen LogP contribution in [0.1, 0.15) is 35.7 Å². The summed E-state index contributed by atoms with van der Waals surface area (Å²) in [5, 5.41) is 3.34. The minimum absolute atomic E-state index is 0.0256. The lowest BCUT2D eigenvalue weighted by molar-refractivity contribution is 0.0793. The van der Waals surface area contributed by atoms with Gasteiger partial charge in [-0.2, -0.15) is 0 Å². The molecule has 4 nitrogen and oxygen atoms in total. The van der Waals surface area contributed by atoms with E-state index in [1.165, 1.54) is 5.56 Å². The number of unbranched alkanes of at least 4 members (excludes halogenated alkanes) is 1. The van der Waals surface area contributed by atoms with Gasteiger partial charge >= 0.3 is 0 Å². The van der Waals surface area contributed by atoms with Crippen molar-refractivity contribution in [2.45, 2.75) is 26.2 Å². The van der Waals surface area contributed by atoms with Crippen molar-refractivity contribution < 1.29 is 4.79 Å². The zero-order valence-electron chi connectivity index (χ0n) is 14.0. The summed E-state index contributed by atoms with van der Waals surface area (Å²) in [5.41, 5.74) is 2.81. The summed E-state index contributed by atoms with van der Waals surface area (Å²) >= 11 is 0. The van der Waals surface area contributed by atoms with E-state index in [-0.39, 0.29) is 5.91 Å². The van der Waals surface area contributed by atoms with Crippen LogP contribution in [0.3, 0.4) is 0 Å². The topological polar surface area (TPSA) is 45.2 Å². The van der Waals surface area contributed by atoms with Gasteiger partial charge in [0, 0.05) is 32.5 Å². The fourth-order valence-electron chi connectivity index (χ4n) is 2.37. The monoisotopic (exact) mass is 311 g/mol. The molecule has 2 aromatic rings. The van der Waals surface area contributed by atoms with E-state index in [9.17, 15) is 4.79 Å². The van der Waals surface area contributed by atoms with Crippen molar-refractivity contribution >= 4 is 11.6 Å². The molecule has 0 unspecified atom stereocenters. The lowest BCUT2D eigenvalue weighted by Gasteiger charge is -2.17. The number of carbonyl (C=O) groups is 1. The minimum atomic E-state index is 0.0256. The fourth-order valence-corrected chi connectivity index (χ4v) is 2.37. The largest absolute Gasteiger partial charge is 0.383 e. The van der Waals surface area contributed by atoms with E-state index in [1.807, 2.05) is 31.3 Å². The maximum absolute atomic E-state index is 12.4. The molecule has 0 saturated carbocycles. The lowest BCUT2D eigenvalue weighted by atomic mass is 10.1. The first-order valence-corrected chi connectivity index (χ1v) is 8.19. The smallest absolute Gasteiger partial charge is 0.255 e. The number of rotatable bonds is 8. The van der Waals surface area contributed by atoms with Crippen molar-refractivity contribution in [2.75, 3.05) is 25.5 Å². The van der Waals surface area contributed by atoms with Gasteiger partial charge in [-0.15, -0.1) is 0 Å². The summed E-state index contributed by atoms with van der Waals surface area (Å²) in [4.78, 5) is 18.3. The highest BCUT2D eigenvalue weighted by molar-refractivity contribution is 5.94. The Balaban J connectivity index is 1.90. The van der Waals surface area contributed by atoms with Gasteiger partial charge in [0.1, 0.15) is 0 Å². The van der Waals surface area contributed by atoms with Crippen LogP contribution in [0, 0.1) is 0 Å². The molecule has 0 saturated heterocycles. The zero-order valence-corrected chi connectivity index (χ0v) is 14.0. The van der Waals surface area contributed by atoms with Crippen molar-refractivity contribution in [2.24, 2.45) is 0 Å². The van der Waals surface area contributed by atoms with Crippen LogP contribution >= 0.6 is 0 Å². The van der Waals surface area contributed by atoms with Gasteiger partial charge in [-0.25, -0.2) is 0 Å². The molecular weight excluding hydrogens is 286 g/mol. The second kappa shape index (κ2) is 8.93. The van der Waals surface area contributed by atoms with E-state index in [0.717, 1.165) is 38.0 Å². The van der Waals surface area contributed by atoms with Gasteiger partial charge in [-0.1, -0.05) is 43.7 Å². The van der Waals surface area contributed by atoms with Crippen molar-refractivity contribution in [3.63, 3.8) is 0 Å². The standard InChI is InChI=1S/C19H25N3O/c1-3-4-12-22(2)19(23)17-13-18(15-20-14-17)21-11-10-16-8-6-5-7-9-16/h5-9,13-15,21H,3-4,10-12H2,1-2H3. The molecular formula is C19H25N3O. The molecule has 1 N–H and O–H groups in total. The van der Waals surface area contributed by atoms with Gasteiger partial charge in [0.2, 0.25) is 0 Å². The van der Waals surface area contributed by atoms with Gasteiger partial charge in [-0.05, 0) is 24.5 Å². The van der Waals surface area contributed by atoms with Crippen LogP contribution in [0.25, 0.3) is 0 Å². The van der Waals surface area contributed by atoms with Crippen molar-refractivity contribution in [1.82, 2.24) is 9.88 Å². The Morgan fingerprint density at radius 2 is 2.00 bits per heavy atom. The van der Waals surface area contributed by atoms with Crippen LogP contribution in [0.2, 0.25) is 0 Å². The molecule has 122 valence electrons. The van der Waals surface area contributed by atoms with E-state index in [0.29, 0.717) is 5.56 Å². The van der Waals surface area contributed by atoms with Gasteiger partial charge in [-0.3, -0.25) is 9.78 Å². The molecule has 1 aromatic heterocycles. The summed E-state index contributed by atoms with van der Waals surface area (Å²) in [6.07, 6.45) is 6.43. The number of hydrogen-bond acceptors (Lipinski definition) is 3. The Morgan fingerprint density at radius 1 is 1.22 bits per heavy atom. The highest BCUT2D eigenvalue weighted by Gasteiger charge is 2.11. The second-order valence-corrected chi connectivity index (χ2v) is 5.70. The molecule has 1 amide bonds. The Morgan fingerprint density at radius 3 is 2.74 bits per heavy atom. The van der Waals surface area contributed by atoms with Crippen LogP contribution in [0.5, 0.6) is 0 Å². The second-order valence-electron chi connectivity index (χ2n) is 5.70. The summed E-state index contributed by atoms with van der Waals surface area (Å²) < 4.78 is 0. The number of nitrogens with zero attached hydrogens (tertiary/aromatic N) is 2. The van der Waals surface area contributed by atoms with Gasteiger partial charge in [0.15, 0.2) is 0 Å². The zero-order chi connectivity index (χ0) is 16.5. The van der Waals surface area contributed by atoms with Crippen LogP contribution in [-0.2, 0) is 6.42 Å². The Hall–Kier alpha value is -2.36. The highest BCUT2D eigenvalue weighted by Crippen LogP contribution is 2.11. The molecule has 0 aliphatic rings. The quantitative estimate of drug-likeness (QED) is 0.810. The SMILES string of the molecule is CCCCN(C)C(=O)c1cncc(NCCc2ccccc2)c1. The Kier molecular flexibility index (Phi) is 6.60. The van der Waals surface area contributed by atoms with Crippen molar-refractivity contribution in [3.8, 4) is 0 Å². The molecule has 0 aliphatic carbocycles. The average molecular weight is 311 g/mol. The number of benzene rings is 1. The molecule has 2 rings (SSSR count). The van der Waals surface area contributed by atoms with Gasteiger partial charge in [0.25, 0.3) is 5.91 Å². The summed E-state index contributed by atoms with van der Waals surface area (Å²) in [6.45, 7) is 3.72. The number of hydrogen-bond donors (Lipinski definition) is 1. The number of pyridine rings is 1. The van der Waals surface area contributed by atoms with Crippen LogP contribution in [0.4, 0.5) is 5.69 Å². The molecule has 0 radical (unpaired) electrons. The van der Waals surface area contributed by atoms with E-state index < -0.39 is 0 Å². The molecule has 0 bridgehead atoms. The van der Waals surface area contributed by atoms with Crippen molar-refractivity contribution in [1.29, 1.82) is 0 Å². The number of aromatic nitrogens is 1. The first kappa shape index (κ1) is 17.0. The molecule has 0 spiro atoms. The molecule has 4 heteroatoms. The molecule has 0 fully saturated rings. The van der Waals surface area contributed by atoms with Crippen LogP contribution < -0.4 is 5.32 Å². The molecule has 1 aromatic carbocycles. The fraction of sp³-hybridized carbons (Fsp3) is 0.368. The predicted molar refractivity (Wildman–Crippen MR) is 94.7 cm³/mol. The normalized spacial score (nSPS) is 10.3. The lowest BCUT2D eigenvalue weighted by Crippen LogP contribution is -2.27. The first-order valence-electron chi connectivity index (χ1n) is 8.19. The Labute approximate surface area is 138 Å². The number of carbonyl (C=O) groups excluding carboxylic acids is 1. The predicted octanol–water partition coefficient (Wildman–Crippen LogP) is 3.61. The summed E-state index contributed by atoms with van der Waals surface area (Å²) in [7, 11) is 1.84. The van der Waals surface area contributed by atoms with E-state index in [4.69, 9.17) is 0 Å². The Bertz CT molecular complexity index is 613. The molecule has 23 heavy (non-hydrogen) atoms. The minimum Gasteiger partial charge on any atom is -0.383 e. The van der Waals surface area contributed by atoms with Crippen LogP contribution in [-0.4, -0.2) is 35.9 Å². The highest BCUT2D eigenvalue weighted by atomic mass is 16.2. The average Bonchev–Trinajstić information content (AvgIpc) is 2.60. The third-order valence-electron chi connectivity index (χ3n) is 3.76. The molecule has 0 atom stereocenters. The third kappa shape index (κ3) is 5.40. The van der Waals surface area contributed by atoms with Crippen molar-refractivity contribution in [3.05, 3.63) is 59.9 Å². The van der Waals surface area contributed by atoms with E-state index in [1.54, 1.807) is 17.3 Å². The number of amides is 1. The maximum Gasteiger partial charge on any atom is 0.255 e.